The Labute approximate surface area is 164 Å². The number of ether oxygens (including phenoxy) is 1. The fourth-order valence-electron chi connectivity index (χ4n) is 3.46. The molecule has 0 saturated carbocycles. The molecular weight excluding hydrogens is 352 g/mol. The van der Waals surface area contributed by atoms with E-state index < -0.39 is 0 Å². The van der Waals surface area contributed by atoms with Crippen molar-refractivity contribution in [3.05, 3.63) is 83.9 Å². The third-order valence-corrected chi connectivity index (χ3v) is 4.93. The lowest BCUT2D eigenvalue weighted by atomic mass is 10.1. The zero-order valence-electron chi connectivity index (χ0n) is 15.8. The number of rotatable bonds is 6. The first-order valence-electron chi connectivity index (χ1n) is 9.65. The maximum atomic E-state index is 12.9. The summed E-state index contributed by atoms with van der Waals surface area (Å²) in [6.45, 7) is 2.49. The van der Waals surface area contributed by atoms with Crippen molar-refractivity contribution in [1.29, 1.82) is 0 Å². The summed E-state index contributed by atoms with van der Waals surface area (Å²) < 4.78 is 7.80. The predicted molar refractivity (Wildman–Crippen MR) is 106 cm³/mol. The fraction of sp³-hybridized carbons (Fsp3) is 0.318. The Kier molecular flexibility index (Phi) is 5.77. The summed E-state index contributed by atoms with van der Waals surface area (Å²) in [6.07, 6.45) is 7.19. The van der Waals surface area contributed by atoms with Crippen LogP contribution in [0.5, 0.6) is 0 Å². The highest BCUT2D eigenvalue weighted by Gasteiger charge is 2.25. The molecule has 3 aromatic rings. The molecular formula is C22H24N4O2. The van der Waals surface area contributed by atoms with E-state index in [1.807, 2.05) is 52.2 Å². The van der Waals surface area contributed by atoms with Crippen molar-refractivity contribution in [1.82, 2.24) is 19.7 Å². The van der Waals surface area contributed by atoms with Gasteiger partial charge in [-0.15, -0.1) is 0 Å². The number of carbonyl (C=O) groups excluding carboxylic acids is 1. The van der Waals surface area contributed by atoms with Crippen molar-refractivity contribution >= 4 is 5.91 Å². The molecule has 1 aromatic carbocycles. The third kappa shape index (κ3) is 4.64. The number of hydrogen-bond donors (Lipinski definition) is 0. The molecule has 0 bridgehead atoms. The average molecular weight is 376 g/mol. The molecule has 1 aliphatic heterocycles. The van der Waals surface area contributed by atoms with Gasteiger partial charge in [0.2, 0.25) is 0 Å². The Bertz CT molecular complexity index is 895. The molecule has 1 amide bonds. The van der Waals surface area contributed by atoms with Crippen molar-refractivity contribution < 1.29 is 9.53 Å². The second kappa shape index (κ2) is 8.80. The predicted octanol–water partition coefficient (Wildman–Crippen LogP) is 3.15. The lowest BCUT2D eigenvalue weighted by Crippen LogP contribution is -2.43. The summed E-state index contributed by atoms with van der Waals surface area (Å²) in [4.78, 5) is 19.0. The van der Waals surface area contributed by atoms with Gasteiger partial charge in [-0.05, 0) is 30.5 Å². The molecule has 28 heavy (non-hydrogen) atoms. The second-order valence-electron chi connectivity index (χ2n) is 7.06. The number of nitrogens with zero attached hydrogens (tertiary/aromatic N) is 4. The van der Waals surface area contributed by atoms with Crippen LogP contribution in [0.4, 0.5) is 0 Å². The fourth-order valence-corrected chi connectivity index (χ4v) is 3.46. The number of carbonyl (C=O) groups is 1. The number of aromatic nitrogens is 3. The van der Waals surface area contributed by atoms with Crippen LogP contribution in [0.2, 0.25) is 0 Å². The van der Waals surface area contributed by atoms with E-state index in [2.05, 4.69) is 22.2 Å². The van der Waals surface area contributed by atoms with E-state index in [0.29, 0.717) is 25.3 Å². The van der Waals surface area contributed by atoms with Crippen LogP contribution in [0.15, 0.2) is 67.1 Å². The zero-order chi connectivity index (χ0) is 19.2. The molecule has 6 nitrogen and oxygen atoms in total. The average Bonchev–Trinajstić information content (AvgIpc) is 3.22. The number of benzene rings is 1. The monoisotopic (exact) mass is 376 g/mol. The van der Waals surface area contributed by atoms with Crippen molar-refractivity contribution in [3.8, 4) is 0 Å². The highest BCUT2D eigenvalue weighted by molar-refractivity contribution is 5.93. The topological polar surface area (TPSA) is 60.2 Å². The number of pyridine rings is 1. The SMILES string of the molecule is O=C(c1cnn(Cc2ccccc2)c1)N1CCCC(OCc2ccccn2)C1. The molecule has 4 rings (SSSR count). The number of hydrogen-bond acceptors (Lipinski definition) is 4. The summed E-state index contributed by atoms with van der Waals surface area (Å²) in [5.74, 6) is 0.0189. The molecule has 144 valence electrons. The van der Waals surface area contributed by atoms with Gasteiger partial charge in [0.1, 0.15) is 0 Å². The Balaban J connectivity index is 1.34. The molecule has 0 aliphatic carbocycles. The van der Waals surface area contributed by atoms with Crippen molar-refractivity contribution in [2.24, 2.45) is 0 Å². The molecule has 1 aliphatic rings. The van der Waals surface area contributed by atoms with E-state index in [1.54, 1.807) is 12.4 Å². The molecule has 1 fully saturated rings. The van der Waals surface area contributed by atoms with Gasteiger partial charge >= 0.3 is 0 Å². The summed E-state index contributed by atoms with van der Waals surface area (Å²) in [5.41, 5.74) is 2.69. The summed E-state index contributed by atoms with van der Waals surface area (Å²) in [6, 6.07) is 15.9. The van der Waals surface area contributed by atoms with E-state index >= 15 is 0 Å². The molecule has 0 N–H and O–H groups in total. The van der Waals surface area contributed by atoms with Gasteiger partial charge in [-0.25, -0.2) is 0 Å². The van der Waals surface area contributed by atoms with E-state index in [4.69, 9.17) is 4.74 Å². The maximum absolute atomic E-state index is 12.9. The minimum absolute atomic E-state index is 0.0189. The first-order chi connectivity index (χ1) is 13.8. The van der Waals surface area contributed by atoms with E-state index in [9.17, 15) is 4.79 Å². The largest absolute Gasteiger partial charge is 0.370 e. The van der Waals surface area contributed by atoms with E-state index in [-0.39, 0.29) is 12.0 Å². The van der Waals surface area contributed by atoms with Crippen LogP contribution in [-0.2, 0) is 17.9 Å². The van der Waals surface area contributed by atoms with Crippen LogP contribution in [0.25, 0.3) is 0 Å². The van der Waals surface area contributed by atoms with Crippen LogP contribution >= 0.6 is 0 Å². The van der Waals surface area contributed by atoms with Gasteiger partial charge in [0, 0.05) is 25.5 Å². The van der Waals surface area contributed by atoms with Gasteiger partial charge in [0.25, 0.3) is 5.91 Å². The summed E-state index contributed by atoms with van der Waals surface area (Å²) >= 11 is 0. The van der Waals surface area contributed by atoms with Crippen LogP contribution in [0.1, 0.15) is 34.5 Å². The molecule has 0 spiro atoms. The van der Waals surface area contributed by atoms with Crippen molar-refractivity contribution in [2.75, 3.05) is 13.1 Å². The zero-order valence-corrected chi connectivity index (χ0v) is 15.8. The quantitative estimate of drug-likeness (QED) is 0.663. The molecule has 1 atom stereocenters. The van der Waals surface area contributed by atoms with E-state index in [0.717, 1.165) is 30.6 Å². The molecule has 0 radical (unpaired) electrons. The first kappa shape index (κ1) is 18.4. The van der Waals surface area contributed by atoms with Crippen molar-refractivity contribution in [3.63, 3.8) is 0 Å². The minimum atomic E-state index is 0.0189. The highest BCUT2D eigenvalue weighted by Crippen LogP contribution is 2.17. The highest BCUT2D eigenvalue weighted by atomic mass is 16.5. The summed E-state index contributed by atoms with van der Waals surface area (Å²) in [7, 11) is 0. The summed E-state index contributed by atoms with van der Waals surface area (Å²) in [5, 5.41) is 4.35. The molecule has 6 heteroatoms. The van der Waals surface area contributed by atoms with Crippen molar-refractivity contribution in [2.45, 2.75) is 32.1 Å². The minimum Gasteiger partial charge on any atom is -0.370 e. The lowest BCUT2D eigenvalue weighted by Gasteiger charge is -2.32. The van der Waals surface area contributed by atoms with E-state index in [1.165, 1.54) is 0 Å². The number of likely N-dealkylation sites (tertiary alicyclic amines) is 1. The number of piperidine rings is 1. The molecule has 1 saturated heterocycles. The second-order valence-corrected chi connectivity index (χ2v) is 7.06. The van der Waals surface area contributed by atoms with Crippen LogP contribution in [0, 0.1) is 0 Å². The lowest BCUT2D eigenvalue weighted by molar-refractivity contribution is -0.00785. The van der Waals surface area contributed by atoms with Gasteiger partial charge in [0.15, 0.2) is 0 Å². The molecule has 1 unspecified atom stereocenters. The Morgan fingerprint density at radius 3 is 2.82 bits per heavy atom. The first-order valence-corrected chi connectivity index (χ1v) is 9.65. The van der Waals surface area contributed by atoms with Gasteiger partial charge in [0.05, 0.1) is 36.7 Å². The van der Waals surface area contributed by atoms with Gasteiger partial charge in [-0.1, -0.05) is 36.4 Å². The Morgan fingerprint density at radius 2 is 2.00 bits per heavy atom. The van der Waals surface area contributed by atoms with Crippen LogP contribution < -0.4 is 0 Å². The molecule has 2 aromatic heterocycles. The number of amides is 1. The normalized spacial score (nSPS) is 16.9. The Hall–Kier alpha value is -2.99. The van der Waals surface area contributed by atoms with Gasteiger partial charge < -0.3 is 9.64 Å². The molecule has 3 heterocycles. The van der Waals surface area contributed by atoms with Gasteiger partial charge in [-0.3, -0.25) is 14.5 Å². The van der Waals surface area contributed by atoms with Crippen LogP contribution in [-0.4, -0.2) is 44.8 Å². The Morgan fingerprint density at radius 1 is 1.14 bits per heavy atom. The smallest absolute Gasteiger partial charge is 0.257 e. The maximum Gasteiger partial charge on any atom is 0.257 e. The standard InChI is InChI=1S/C22H24N4O2/c27-22(19-13-24-26(15-19)14-18-7-2-1-3-8-18)25-12-6-10-21(16-25)28-17-20-9-4-5-11-23-20/h1-5,7-9,11,13,15,21H,6,10,12,14,16-17H2. The van der Waals surface area contributed by atoms with Gasteiger partial charge in [-0.2, -0.15) is 5.10 Å². The third-order valence-electron chi connectivity index (χ3n) is 4.93. The van der Waals surface area contributed by atoms with Crippen LogP contribution in [0.3, 0.4) is 0 Å².